The van der Waals surface area contributed by atoms with Crippen molar-refractivity contribution in [1.82, 2.24) is 10.2 Å². The molecule has 0 fully saturated rings. The Kier molecular flexibility index (Phi) is 5.66. The van der Waals surface area contributed by atoms with E-state index >= 15 is 0 Å². The summed E-state index contributed by atoms with van der Waals surface area (Å²) in [5.74, 6) is -1.87. The molecule has 2 aromatic carbocycles. The van der Waals surface area contributed by atoms with Crippen LogP contribution in [-0.4, -0.2) is 48.3 Å². The minimum absolute atomic E-state index is 0.0429. The minimum atomic E-state index is -0.655. The quantitative estimate of drug-likeness (QED) is 0.558. The standard InChI is InChI=1S/C19H15BrN2O5/c20-13-7-5-12(6-8-13)17(24)21-11-16(23)27-10-9-22-18(25)14-3-1-2-4-15(14)19(22)26/h1-8H,9-11H2,(H,21,24). The predicted octanol–water partition coefficient (Wildman–Crippen LogP) is 2.02. The third-order valence-electron chi connectivity index (χ3n) is 3.96. The molecule has 0 unspecified atom stereocenters. The van der Waals surface area contributed by atoms with Crippen LogP contribution in [0.4, 0.5) is 0 Å². The number of nitrogens with zero attached hydrogens (tertiary/aromatic N) is 1. The fourth-order valence-corrected chi connectivity index (χ4v) is 2.86. The van der Waals surface area contributed by atoms with Gasteiger partial charge in [-0.3, -0.25) is 24.1 Å². The number of fused-ring (bicyclic) bond motifs is 1. The molecule has 27 heavy (non-hydrogen) atoms. The highest BCUT2D eigenvalue weighted by atomic mass is 79.9. The molecule has 1 N–H and O–H groups in total. The average Bonchev–Trinajstić information content (AvgIpc) is 2.92. The first-order valence-electron chi connectivity index (χ1n) is 8.12. The van der Waals surface area contributed by atoms with E-state index in [0.29, 0.717) is 16.7 Å². The lowest BCUT2D eigenvalue weighted by molar-refractivity contribution is -0.142. The van der Waals surface area contributed by atoms with E-state index in [9.17, 15) is 19.2 Å². The lowest BCUT2D eigenvalue weighted by Gasteiger charge is -2.14. The van der Waals surface area contributed by atoms with E-state index in [2.05, 4.69) is 21.2 Å². The van der Waals surface area contributed by atoms with Gasteiger partial charge in [0.2, 0.25) is 0 Å². The summed E-state index contributed by atoms with van der Waals surface area (Å²) in [6, 6.07) is 13.2. The molecular formula is C19H15BrN2O5. The molecule has 0 spiro atoms. The molecule has 1 aliphatic rings. The first kappa shape index (κ1) is 18.8. The van der Waals surface area contributed by atoms with Crippen molar-refractivity contribution < 1.29 is 23.9 Å². The van der Waals surface area contributed by atoms with Gasteiger partial charge in [-0.2, -0.15) is 0 Å². The van der Waals surface area contributed by atoms with Crippen molar-refractivity contribution in [2.45, 2.75) is 0 Å². The lowest BCUT2D eigenvalue weighted by atomic mass is 10.1. The van der Waals surface area contributed by atoms with E-state index in [-0.39, 0.29) is 19.7 Å². The van der Waals surface area contributed by atoms with Crippen LogP contribution in [0.5, 0.6) is 0 Å². The topological polar surface area (TPSA) is 92.8 Å². The van der Waals surface area contributed by atoms with Crippen molar-refractivity contribution in [3.8, 4) is 0 Å². The minimum Gasteiger partial charge on any atom is -0.462 e. The first-order valence-corrected chi connectivity index (χ1v) is 8.91. The number of hydrogen-bond acceptors (Lipinski definition) is 5. The summed E-state index contributed by atoms with van der Waals surface area (Å²) in [7, 11) is 0. The number of rotatable bonds is 6. The maximum atomic E-state index is 12.2. The number of nitrogens with one attached hydrogen (secondary N) is 1. The Hall–Kier alpha value is -3.00. The molecule has 138 valence electrons. The zero-order valence-corrected chi connectivity index (χ0v) is 15.7. The predicted molar refractivity (Wildman–Crippen MR) is 99.2 cm³/mol. The average molecular weight is 431 g/mol. The van der Waals surface area contributed by atoms with Gasteiger partial charge >= 0.3 is 5.97 Å². The highest BCUT2D eigenvalue weighted by Crippen LogP contribution is 2.21. The second-order valence-corrected chi connectivity index (χ2v) is 6.63. The van der Waals surface area contributed by atoms with Crippen molar-refractivity contribution in [1.29, 1.82) is 0 Å². The van der Waals surface area contributed by atoms with Crippen molar-refractivity contribution in [2.24, 2.45) is 0 Å². The summed E-state index contributed by atoms with van der Waals surface area (Å²) in [5, 5.41) is 2.45. The van der Waals surface area contributed by atoms with Crippen molar-refractivity contribution >= 4 is 39.6 Å². The number of amides is 3. The summed E-state index contributed by atoms with van der Waals surface area (Å²) in [5.41, 5.74) is 1.10. The van der Waals surface area contributed by atoms with E-state index in [0.717, 1.165) is 9.37 Å². The van der Waals surface area contributed by atoms with Gasteiger partial charge in [-0.05, 0) is 36.4 Å². The molecule has 0 saturated heterocycles. The summed E-state index contributed by atoms with van der Waals surface area (Å²) >= 11 is 3.27. The summed E-state index contributed by atoms with van der Waals surface area (Å²) < 4.78 is 5.84. The smallest absolute Gasteiger partial charge is 0.325 e. The monoisotopic (exact) mass is 430 g/mol. The van der Waals surface area contributed by atoms with Crippen molar-refractivity contribution in [3.63, 3.8) is 0 Å². The molecule has 0 atom stereocenters. The summed E-state index contributed by atoms with van der Waals surface area (Å²) in [6.07, 6.45) is 0. The number of halogens is 1. The molecule has 0 aliphatic carbocycles. The molecule has 7 nitrogen and oxygen atoms in total. The molecule has 2 aromatic rings. The number of imide groups is 1. The van der Waals surface area contributed by atoms with Crippen LogP contribution in [-0.2, 0) is 9.53 Å². The molecule has 0 aromatic heterocycles. The first-order chi connectivity index (χ1) is 13.0. The molecule has 0 saturated carbocycles. The Balaban J connectivity index is 1.44. The Morgan fingerprint density at radius 1 is 0.963 bits per heavy atom. The zero-order valence-electron chi connectivity index (χ0n) is 14.1. The van der Waals surface area contributed by atoms with Crippen molar-refractivity contribution in [2.75, 3.05) is 19.7 Å². The molecule has 0 radical (unpaired) electrons. The Bertz CT molecular complexity index is 876. The van der Waals surface area contributed by atoms with Gasteiger partial charge in [0.1, 0.15) is 13.2 Å². The van der Waals surface area contributed by atoms with Crippen molar-refractivity contribution in [3.05, 3.63) is 69.7 Å². The Labute approximate surface area is 163 Å². The number of carbonyl (C=O) groups is 4. The van der Waals surface area contributed by atoms with Crippen LogP contribution < -0.4 is 5.32 Å². The second kappa shape index (κ2) is 8.13. The zero-order chi connectivity index (χ0) is 19.4. The highest BCUT2D eigenvalue weighted by Gasteiger charge is 2.34. The normalized spacial score (nSPS) is 12.7. The maximum absolute atomic E-state index is 12.2. The Morgan fingerprint density at radius 2 is 1.56 bits per heavy atom. The third-order valence-corrected chi connectivity index (χ3v) is 4.48. The third kappa shape index (κ3) is 4.22. The van der Waals surface area contributed by atoms with Gasteiger partial charge in [-0.25, -0.2) is 0 Å². The van der Waals surface area contributed by atoms with Gasteiger partial charge in [0, 0.05) is 10.0 Å². The van der Waals surface area contributed by atoms with Crippen LogP contribution in [0.3, 0.4) is 0 Å². The summed E-state index contributed by atoms with van der Waals surface area (Å²) in [6.45, 7) is -0.492. The number of esters is 1. The molecule has 8 heteroatoms. The van der Waals surface area contributed by atoms with Gasteiger partial charge < -0.3 is 10.1 Å². The molecule has 3 rings (SSSR count). The molecule has 1 heterocycles. The van der Waals surface area contributed by atoms with Crippen LogP contribution in [0.25, 0.3) is 0 Å². The van der Waals surface area contributed by atoms with Crippen LogP contribution in [0.1, 0.15) is 31.1 Å². The van der Waals surface area contributed by atoms with Gasteiger partial charge in [-0.1, -0.05) is 28.1 Å². The van der Waals surface area contributed by atoms with E-state index < -0.39 is 23.7 Å². The number of hydrogen-bond donors (Lipinski definition) is 1. The highest BCUT2D eigenvalue weighted by molar-refractivity contribution is 9.10. The van der Waals surface area contributed by atoms with Crippen LogP contribution >= 0.6 is 15.9 Å². The second-order valence-electron chi connectivity index (χ2n) is 5.72. The van der Waals surface area contributed by atoms with Gasteiger partial charge in [0.05, 0.1) is 17.7 Å². The summed E-state index contributed by atoms with van der Waals surface area (Å²) in [4.78, 5) is 49.1. The maximum Gasteiger partial charge on any atom is 0.325 e. The largest absolute Gasteiger partial charge is 0.462 e. The SMILES string of the molecule is O=C(CNC(=O)c1ccc(Br)cc1)OCCN1C(=O)c2ccccc2C1=O. The molecular weight excluding hydrogens is 416 g/mol. The van der Waals surface area contributed by atoms with Crippen LogP contribution in [0.15, 0.2) is 53.0 Å². The fraction of sp³-hybridized carbons (Fsp3) is 0.158. The molecule has 3 amide bonds. The van der Waals surface area contributed by atoms with Crippen LogP contribution in [0, 0.1) is 0 Å². The number of ether oxygens (including phenoxy) is 1. The van der Waals surface area contributed by atoms with E-state index in [4.69, 9.17) is 4.74 Å². The Morgan fingerprint density at radius 3 is 2.15 bits per heavy atom. The molecule has 0 bridgehead atoms. The van der Waals surface area contributed by atoms with Gasteiger partial charge in [0.15, 0.2) is 0 Å². The number of benzene rings is 2. The van der Waals surface area contributed by atoms with Gasteiger partial charge in [-0.15, -0.1) is 0 Å². The number of carbonyl (C=O) groups excluding carboxylic acids is 4. The van der Waals surface area contributed by atoms with E-state index in [1.54, 1.807) is 48.5 Å². The van der Waals surface area contributed by atoms with E-state index in [1.165, 1.54) is 0 Å². The fourth-order valence-electron chi connectivity index (χ4n) is 2.60. The van der Waals surface area contributed by atoms with Gasteiger partial charge in [0.25, 0.3) is 17.7 Å². The molecule has 1 aliphatic heterocycles. The van der Waals surface area contributed by atoms with E-state index in [1.807, 2.05) is 0 Å². The lowest BCUT2D eigenvalue weighted by Crippen LogP contribution is -2.35. The van der Waals surface area contributed by atoms with Crippen LogP contribution in [0.2, 0.25) is 0 Å².